The number of aromatic nitrogens is 1. The molecule has 0 bridgehead atoms. The molecule has 0 amide bonds. The lowest BCUT2D eigenvalue weighted by Gasteiger charge is -1.98. The molecule has 3 aromatic rings. The molecule has 0 saturated heterocycles. The number of nitro benzene ring substituents is 2. The molecular formula is C16H10N4O5S. The highest BCUT2D eigenvalue weighted by Crippen LogP contribution is 2.32. The topological polar surface area (TPSA) is 142 Å². The molecule has 0 aliphatic heterocycles. The van der Waals surface area contributed by atoms with Crippen LogP contribution in [0, 0.1) is 20.2 Å². The van der Waals surface area contributed by atoms with E-state index in [-0.39, 0.29) is 27.6 Å². The second kappa shape index (κ2) is 6.69. The Hall–Kier alpha value is -3.66. The second-order valence-electron chi connectivity index (χ2n) is 5.17. The number of nitrogens with two attached hydrogens (primary N) is 1. The zero-order chi connectivity index (χ0) is 18.8. The number of thiazole rings is 1. The SMILES string of the molecule is Nc1nc(-c2ccc([N+](=O)[O-])cc2)sc1C(=O)c1ccc([N+](=O)[O-])cc1. The first-order chi connectivity index (χ1) is 12.4. The molecule has 0 aliphatic carbocycles. The van der Waals surface area contributed by atoms with Crippen molar-refractivity contribution < 1.29 is 14.6 Å². The number of carbonyl (C=O) groups excluding carboxylic acids is 1. The number of nitrogens with zero attached hydrogens (tertiary/aromatic N) is 3. The molecule has 0 atom stereocenters. The summed E-state index contributed by atoms with van der Waals surface area (Å²) < 4.78 is 0. The smallest absolute Gasteiger partial charge is 0.269 e. The molecule has 9 nitrogen and oxygen atoms in total. The summed E-state index contributed by atoms with van der Waals surface area (Å²) in [7, 11) is 0. The van der Waals surface area contributed by atoms with Gasteiger partial charge in [0.15, 0.2) is 0 Å². The minimum Gasteiger partial charge on any atom is -0.382 e. The van der Waals surface area contributed by atoms with Crippen molar-refractivity contribution in [2.75, 3.05) is 5.73 Å². The van der Waals surface area contributed by atoms with Crippen molar-refractivity contribution in [1.82, 2.24) is 4.98 Å². The maximum atomic E-state index is 12.6. The Balaban J connectivity index is 1.90. The molecular weight excluding hydrogens is 360 g/mol. The first-order valence-corrected chi connectivity index (χ1v) is 7.99. The van der Waals surface area contributed by atoms with Crippen LogP contribution in [0.2, 0.25) is 0 Å². The van der Waals surface area contributed by atoms with Crippen molar-refractivity contribution in [3.05, 3.63) is 79.2 Å². The van der Waals surface area contributed by atoms with E-state index in [9.17, 15) is 25.0 Å². The third kappa shape index (κ3) is 3.26. The molecule has 26 heavy (non-hydrogen) atoms. The molecule has 0 spiro atoms. The van der Waals surface area contributed by atoms with Gasteiger partial charge in [-0.05, 0) is 24.3 Å². The van der Waals surface area contributed by atoms with Crippen LogP contribution in [0.3, 0.4) is 0 Å². The standard InChI is InChI=1S/C16H10N4O5S/c17-15-14(13(21)9-1-5-11(6-2-9)19(22)23)26-16(18-15)10-3-7-12(8-4-10)20(24)25/h1-8H,17H2. The molecule has 1 aromatic heterocycles. The maximum Gasteiger partial charge on any atom is 0.269 e. The Kier molecular flexibility index (Phi) is 4.42. The van der Waals surface area contributed by atoms with Crippen LogP contribution in [0.25, 0.3) is 10.6 Å². The van der Waals surface area contributed by atoms with E-state index in [2.05, 4.69) is 4.98 Å². The van der Waals surface area contributed by atoms with E-state index < -0.39 is 15.6 Å². The van der Waals surface area contributed by atoms with Gasteiger partial charge < -0.3 is 5.73 Å². The lowest BCUT2D eigenvalue weighted by Crippen LogP contribution is -2.02. The van der Waals surface area contributed by atoms with Gasteiger partial charge in [0.05, 0.1) is 9.85 Å². The van der Waals surface area contributed by atoms with E-state index in [1.54, 1.807) is 0 Å². The molecule has 0 saturated carbocycles. The van der Waals surface area contributed by atoms with Gasteiger partial charge in [-0.15, -0.1) is 11.3 Å². The number of rotatable bonds is 5. The van der Waals surface area contributed by atoms with Crippen LogP contribution in [-0.4, -0.2) is 20.6 Å². The van der Waals surface area contributed by atoms with Crippen molar-refractivity contribution in [1.29, 1.82) is 0 Å². The van der Waals surface area contributed by atoms with Gasteiger partial charge in [-0.2, -0.15) is 0 Å². The number of non-ortho nitro benzene ring substituents is 2. The number of hydrogen-bond acceptors (Lipinski definition) is 8. The van der Waals surface area contributed by atoms with Crippen LogP contribution in [0.4, 0.5) is 17.2 Å². The van der Waals surface area contributed by atoms with Crippen molar-refractivity contribution in [2.24, 2.45) is 0 Å². The molecule has 0 aliphatic rings. The Labute approximate surface area is 150 Å². The number of nitro groups is 2. The number of anilines is 1. The molecule has 10 heteroatoms. The highest BCUT2D eigenvalue weighted by molar-refractivity contribution is 7.17. The molecule has 2 aromatic carbocycles. The van der Waals surface area contributed by atoms with Gasteiger partial charge in [-0.25, -0.2) is 4.98 Å². The average molecular weight is 370 g/mol. The van der Waals surface area contributed by atoms with Crippen LogP contribution < -0.4 is 5.73 Å². The van der Waals surface area contributed by atoms with E-state index in [1.807, 2.05) is 0 Å². The summed E-state index contributed by atoms with van der Waals surface area (Å²) in [5.41, 5.74) is 6.50. The first kappa shape index (κ1) is 17.2. The Morgan fingerprint density at radius 1 is 0.923 bits per heavy atom. The lowest BCUT2D eigenvalue weighted by atomic mass is 10.1. The third-order valence-electron chi connectivity index (χ3n) is 3.52. The quantitative estimate of drug-likeness (QED) is 0.411. The molecule has 1 heterocycles. The zero-order valence-corrected chi connectivity index (χ0v) is 13.8. The number of hydrogen-bond donors (Lipinski definition) is 1. The van der Waals surface area contributed by atoms with E-state index in [4.69, 9.17) is 5.73 Å². The summed E-state index contributed by atoms with van der Waals surface area (Å²) in [6.45, 7) is 0. The maximum absolute atomic E-state index is 12.6. The minimum absolute atomic E-state index is 0.0340. The molecule has 2 N–H and O–H groups in total. The predicted octanol–water partition coefficient (Wildman–Crippen LogP) is 3.44. The number of benzene rings is 2. The molecule has 0 fully saturated rings. The van der Waals surface area contributed by atoms with Crippen molar-refractivity contribution in [2.45, 2.75) is 0 Å². The summed E-state index contributed by atoms with van der Waals surface area (Å²) in [5.74, 6) is -0.366. The summed E-state index contributed by atoms with van der Waals surface area (Å²) in [6.07, 6.45) is 0. The van der Waals surface area contributed by atoms with Gasteiger partial charge in [0.1, 0.15) is 15.7 Å². The minimum atomic E-state index is -0.554. The number of ketones is 1. The molecule has 3 rings (SSSR count). The second-order valence-corrected chi connectivity index (χ2v) is 6.17. The first-order valence-electron chi connectivity index (χ1n) is 7.17. The third-order valence-corrected chi connectivity index (χ3v) is 4.64. The van der Waals surface area contributed by atoms with E-state index in [0.717, 1.165) is 11.3 Å². The van der Waals surface area contributed by atoms with Gasteiger partial charge >= 0.3 is 0 Å². The predicted molar refractivity (Wildman–Crippen MR) is 95.1 cm³/mol. The summed E-state index contributed by atoms with van der Waals surface area (Å²) >= 11 is 1.05. The lowest BCUT2D eigenvalue weighted by molar-refractivity contribution is -0.385. The Morgan fingerprint density at radius 3 is 1.92 bits per heavy atom. The van der Waals surface area contributed by atoms with Crippen molar-refractivity contribution >= 4 is 34.3 Å². The fourth-order valence-corrected chi connectivity index (χ4v) is 3.16. The van der Waals surface area contributed by atoms with E-state index in [1.165, 1.54) is 48.5 Å². The fourth-order valence-electron chi connectivity index (χ4n) is 2.21. The summed E-state index contributed by atoms with van der Waals surface area (Å²) in [6, 6.07) is 10.9. The Morgan fingerprint density at radius 2 is 1.42 bits per heavy atom. The fraction of sp³-hybridized carbons (Fsp3) is 0. The monoisotopic (exact) mass is 370 g/mol. The largest absolute Gasteiger partial charge is 0.382 e. The van der Waals surface area contributed by atoms with Crippen molar-refractivity contribution in [3.63, 3.8) is 0 Å². The van der Waals surface area contributed by atoms with Crippen LogP contribution in [0.15, 0.2) is 48.5 Å². The van der Waals surface area contributed by atoms with Gasteiger partial charge in [0.25, 0.3) is 11.4 Å². The summed E-state index contributed by atoms with van der Waals surface area (Å²) in [5, 5.41) is 21.8. The zero-order valence-electron chi connectivity index (χ0n) is 13.0. The van der Waals surface area contributed by atoms with Crippen LogP contribution >= 0.6 is 11.3 Å². The normalized spacial score (nSPS) is 10.5. The molecule has 0 unspecified atom stereocenters. The number of carbonyl (C=O) groups is 1. The van der Waals surface area contributed by atoms with Crippen LogP contribution in [0.1, 0.15) is 15.2 Å². The van der Waals surface area contributed by atoms with Gasteiger partial charge in [-0.1, -0.05) is 0 Å². The highest BCUT2D eigenvalue weighted by Gasteiger charge is 2.20. The van der Waals surface area contributed by atoms with Gasteiger partial charge in [0, 0.05) is 35.4 Å². The summed E-state index contributed by atoms with van der Waals surface area (Å²) in [4.78, 5) is 37.2. The average Bonchev–Trinajstić information content (AvgIpc) is 3.03. The van der Waals surface area contributed by atoms with E-state index >= 15 is 0 Å². The Bertz CT molecular complexity index is 1010. The van der Waals surface area contributed by atoms with Crippen molar-refractivity contribution in [3.8, 4) is 10.6 Å². The number of nitrogen functional groups attached to an aromatic ring is 1. The highest BCUT2D eigenvalue weighted by atomic mass is 32.1. The van der Waals surface area contributed by atoms with Crippen LogP contribution in [-0.2, 0) is 0 Å². The van der Waals surface area contributed by atoms with Gasteiger partial charge in [0.2, 0.25) is 5.78 Å². The molecule has 130 valence electrons. The van der Waals surface area contributed by atoms with Gasteiger partial charge in [-0.3, -0.25) is 25.0 Å². The van der Waals surface area contributed by atoms with Crippen LogP contribution in [0.5, 0.6) is 0 Å². The molecule has 0 radical (unpaired) electrons. The van der Waals surface area contributed by atoms with E-state index in [0.29, 0.717) is 10.6 Å².